The standard InChI is InChI=1S/C21H22N2O3/c1-23(14-15-6-4-3-5-7-15)20(24)11-8-16-12-17-13-18(26-2)9-10-19(17)22-21(16)25/h3-7,9-10,12-13H,8,11,14H2,1-2H3,(H,22,25). The fourth-order valence-electron chi connectivity index (χ4n) is 2.92. The lowest BCUT2D eigenvalue weighted by molar-refractivity contribution is -0.130. The molecular formula is C21H22N2O3. The summed E-state index contributed by atoms with van der Waals surface area (Å²) in [6.07, 6.45) is 0.697. The van der Waals surface area contributed by atoms with Crippen molar-refractivity contribution >= 4 is 16.8 Å². The molecule has 0 fully saturated rings. The molecule has 5 heteroatoms. The van der Waals surface area contributed by atoms with E-state index in [1.165, 1.54) is 0 Å². The van der Waals surface area contributed by atoms with Crippen molar-refractivity contribution in [3.05, 3.63) is 76.1 Å². The number of methoxy groups -OCH3 is 1. The number of rotatable bonds is 6. The molecule has 0 aliphatic heterocycles. The van der Waals surface area contributed by atoms with Gasteiger partial charge in [-0.25, -0.2) is 0 Å². The lowest BCUT2D eigenvalue weighted by Crippen LogP contribution is -2.27. The molecule has 5 nitrogen and oxygen atoms in total. The molecule has 0 radical (unpaired) electrons. The van der Waals surface area contributed by atoms with Gasteiger partial charge in [-0.05, 0) is 36.2 Å². The predicted octanol–water partition coefficient (Wildman–Crippen LogP) is 3.13. The Kier molecular flexibility index (Phi) is 5.37. The average Bonchev–Trinajstić information content (AvgIpc) is 2.66. The van der Waals surface area contributed by atoms with Crippen LogP contribution in [-0.2, 0) is 17.8 Å². The second kappa shape index (κ2) is 7.87. The molecule has 2 aromatic carbocycles. The number of hydrogen-bond acceptors (Lipinski definition) is 3. The molecule has 0 aliphatic rings. The van der Waals surface area contributed by atoms with Crippen molar-refractivity contribution < 1.29 is 9.53 Å². The van der Waals surface area contributed by atoms with Crippen molar-refractivity contribution in [2.45, 2.75) is 19.4 Å². The van der Waals surface area contributed by atoms with Crippen LogP contribution in [-0.4, -0.2) is 29.9 Å². The number of aromatic amines is 1. The van der Waals surface area contributed by atoms with E-state index < -0.39 is 0 Å². The fraction of sp³-hybridized carbons (Fsp3) is 0.238. The molecule has 0 atom stereocenters. The number of H-pyrrole nitrogens is 1. The van der Waals surface area contributed by atoms with Crippen LogP contribution >= 0.6 is 0 Å². The summed E-state index contributed by atoms with van der Waals surface area (Å²) in [5, 5.41) is 0.893. The van der Waals surface area contributed by atoms with Gasteiger partial charge >= 0.3 is 0 Å². The average molecular weight is 350 g/mol. The summed E-state index contributed by atoms with van der Waals surface area (Å²) in [4.78, 5) is 29.2. The largest absolute Gasteiger partial charge is 0.497 e. The van der Waals surface area contributed by atoms with Crippen molar-refractivity contribution in [1.82, 2.24) is 9.88 Å². The van der Waals surface area contributed by atoms with E-state index in [1.54, 1.807) is 25.1 Å². The number of pyridine rings is 1. The van der Waals surface area contributed by atoms with Crippen molar-refractivity contribution in [1.29, 1.82) is 0 Å². The number of amides is 1. The molecule has 1 heterocycles. The summed E-state index contributed by atoms with van der Waals surface area (Å²) in [7, 11) is 3.39. The summed E-state index contributed by atoms with van der Waals surface area (Å²) in [5.74, 6) is 0.744. The molecule has 1 N–H and O–H groups in total. The molecule has 0 saturated heterocycles. The maximum absolute atomic E-state index is 12.4. The van der Waals surface area contributed by atoms with Crippen LogP contribution in [0.2, 0.25) is 0 Å². The summed E-state index contributed by atoms with van der Waals surface area (Å²) in [6, 6.07) is 17.2. The molecule has 0 unspecified atom stereocenters. The highest BCUT2D eigenvalue weighted by Crippen LogP contribution is 2.19. The van der Waals surface area contributed by atoms with E-state index in [9.17, 15) is 9.59 Å². The van der Waals surface area contributed by atoms with E-state index in [4.69, 9.17) is 4.74 Å². The zero-order chi connectivity index (χ0) is 18.5. The number of carbonyl (C=O) groups is 1. The van der Waals surface area contributed by atoms with E-state index in [-0.39, 0.29) is 11.5 Å². The van der Waals surface area contributed by atoms with Gasteiger partial charge in [0.1, 0.15) is 5.75 Å². The Morgan fingerprint density at radius 2 is 1.88 bits per heavy atom. The van der Waals surface area contributed by atoms with Crippen molar-refractivity contribution in [2.75, 3.05) is 14.2 Å². The van der Waals surface area contributed by atoms with Gasteiger partial charge in [-0.3, -0.25) is 9.59 Å². The van der Waals surface area contributed by atoms with Gasteiger partial charge in [-0.1, -0.05) is 30.3 Å². The molecule has 0 spiro atoms. The van der Waals surface area contributed by atoms with Crippen LogP contribution < -0.4 is 10.3 Å². The van der Waals surface area contributed by atoms with Crippen LogP contribution in [0.15, 0.2) is 59.4 Å². The summed E-state index contributed by atoms with van der Waals surface area (Å²) in [6.45, 7) is 0.560. The van der Waals surface area contributed by atoms with Crippen LogP contribution in [0.1, 0.15) is 17.5 Å². The SMILES string of the molecule is COc1ccc2[nH]c(=O)c(CCC(=O)N(C)Cc3ccccc3)cc2c1. The first kappa shape index (κ1) is 17.7. The van der Waals surface area contributed by atoms with E-state index in [2.05, 4.69) is 4.98 Å². The minimum atomic E-state index is -0.152. The molecule has 1 amide bonds. The Labute approximate surface area is 152 Å². The van der Waals surface area contributed by atoms with Crippen LogP contribution in [0.25, 0.3) is 10.9 Å². The molecular weight excluding hydrogens is 328 g/mol. The van der Waals surface area contributed by atoms with Crippen molar-refractivity contribution in [3.8, 4) is 5.75 Å². The quantitative estimate of drug-likeness (QED) is 0.743. The van der Waals surface area contributed by atoms with E-state index >= 15 is 0 Å². The van der Waals surface area contributed by atoms with E-state index in [1.807, 2.05) is 48.5 Å². The Bertz CT molecular complexity index is 964. The number of aromatic nitrogens is 1. The highest BCUT2D eigenvalue weighted by Gasteiger charge is 2.11. The number of nitrogens with zero attached hydrogens (tertiary/aromatic N) is 1. The van der Waals surface area contributed by atoms with Crippen molar-refractivity contribution in [2.24, 2.45) is 0 Å². The lowest BCUT2D eigenvalue weighted by Gasteiger charge is -2.17. The second-order valence-electron chi connectivity index (χ2n) is 6.31. The number of nitrogens with one attached hydrogen (secondary N) is 1. The Morgan fingerprint density at radius 1 is 1.12 bits per heavy atom. The van der Waals surface area contributed by atoms with Crippen LogP contribution in [0.5, 0.6) is 5.75 Å². The smallest absolute Gasteiger partial charge is 0.251 e. The molecule has 0 saturated carbocycles. The maximum atomic E-state index is 12.4. The lowest BCUT2D eigenvalue weighted by atomic mass is 10.1. The van der Waals surface area contributed by atoms with Crippen molar-refractivity contribution in [3.63, 3.8) is 0 Å². The second-order valence-corrected chi connectivity index (χ2v) is 6.31. The number of benzene rings is 2. The first-order valence-electron chi connectivity index (χ1n) is 8.54. The normalized spacial score (nSPS) is 10.7. The Morgan fingerprint density at radius 3 is 2.62 bits per heavy atom. The predicted molar refractivity (Wildman–Crippen MR) is 102 cm³/mol. The topological polar surface area (TPSA) is 62.4 Å². The highest BCUT2D eigenvalue weighted by atomic mass is 16.5. The zero-order valence-electron chi connectivity index (χ0n) is 15.0. The molecule has 1 aromatic heterocycles. The van der Waals surface area contributed by atoms with Gasteiger partial charge in [0, 0.05) is 36.5 Å². The van der Waals surface area contributed by atoms with Gasteiger partial charge < -0.3 is 14.6 Å². The number of hydrogen-bond donors (Lipinski definition) is 1. The third-order valence-electron chi connectivity index (χ3n) is 4.42. The van der Waals surface area contributed by atoms with Gasteiger partial charge in [0.2, 0.25) is 5.91 Å². The number of carbonyl (C=O) groups excluding carboxylic acids is 1. The summed E-state index contributed by atoms with van der Waals surface area (Å²) >= 11 is 0. The Balaban J connectivity index is 1.69. The molecule has 0 bridgehead atoms. The summed E-state index contributed by atoms with van der Waals surface area (Å²) in [5.41, 5.74) is 2.29. The highest BCUT2D eigenvalue weighted by molar-refractivity contribution is 5.81. The van der Waals surface area contributed by atoms with Crippen LogP contribution in [0.3, 0.4) is 0 Å². The molecule has 134 valence electrons. The van der Waals surface area contributed by atoms with Gasteiger partial charge in [-0.15, -0.1) is 0 Å². The summed E-state index contributed by atoms with van der Waals surface area (Å²) < 4.78 is 5.23. The number of fused-ring (bicyclic) bond motifs is 1. The fourth-order valence-corrected chi connectivity index (χ4v) is 2.92. The minimum Gasteiger partial charge on any atom is -0.497 e. The van der Waals surface area contributed by atoms with E-state index in [0.717, 1.165) is 22.2 Å². The number of aryl methyl sites for hydroxylation is 1. The van der Waals surface area contributed by atoms with Gasteiger partial charge in [0.15, 0.2) is 0 Å². The molecule has 3 aromatic rings. The van der Waals surface area contributed by atoms with Gasteiger partial charge in [0.05, 0.1) is 7.11 Å². The third kappa shape index (κ3) is 4.11. The maximum Gasteiger partial charge on any atom is 0.251 e. The number of ether oxygens (including phenoxy) is 1. The van der Waals surface area contributed by atoms with E-state index in [0.29, 0.717) is 24.9 Å². The molecule has 26 heavy (non-hydrogen) atoms. The molecule has 0 aliphatic carbocycles. The molecule has 3 rings (SSSR count). The van der Waals surface area contributed by atoms with Gasteiger partial charge in [0.25, 0.3) is 5.56 Å². The van der Waals surface area contributed by atoms with Gasteiger partial charge in [-0.2, -0.15) is 0 Å². The van der Waals surface area contributed by atoms with Crippen LogP contribution in [0, 0.1) is 0 Å². The minimum absolute atomic E-state index is 0.0130. The van der Waals surface area contributed by atoms with Crippen LogP contribution in [0.4, 0.5) is 0 Å². The monoisotopic (exact) mass is 350 g/mol. The third-order valence-corrected chi connectivity index (χ3v) is 4.42. The first-order valence-corrected chi connectivity index (χ1v) is 8.54. The Hall–Kier alpha value is -3.08. The zero-order valence-corrected chi connectivity index (χ0v) is 15.0. The first-order chi connectivity index (χ1) is 12.6.